The second-order valence-electron chi connectivity index (χ2n) is 5.30. The number of halogens is 1. The molecule has 1 aliphatic rings. The number of H-pyrrole nitrogens is 1. The summed E-state index contributed by atoms with van der Waals surface area (Å²) in [5.41, 5.74) is 1.15. The van der Waals surface area contributed by atoms with Gasteiger partial charge in [0.2, 0.25) is 0 Å². The van der Waals surface area contributed by atoms with Gasteiger partial charge in [0, 0.05) is 12.8 Å². The summed E-state index contributed by atoms with van der Waals surface area (Å²) in [7, 11) is 0. The molecule has 1 saturated heterocycles. The minimum atomic E-state index is -0.501. The number of nitrogens with zero attached hydrogens (tertiary/aromatic N) is 3. The van der Waals surface area contributed by atoms with Crippen LogP contribution in [0.3, 0.4) is 0 Å². The summed E-state index contributed by atoms with van der Waals surface area (Å²) in [6, 6.07) is 6.37. The molecule has 1 atom stereocenters. The first-order valence-electron chi connectivity index (χ1n) is 6.95. The smallest absolute Gasteiger partial charge is 0.261 e. The molecule has 2 aromatic heterocycles. The Morgan fingerprint density at radius 1 is 1.23 bits per heavy atom. The van der Waals surface area contributed by atoms with E-state index in [1.165, 1.54) is 12.1 Å². The number of ether oxygens (including phenoxy) is 1. The number of rotatable bonds is 3. The zero-order chi connectivity index (χ0) is 15.0. The summed E-state index contributed by atoms with van der Waals surface area (Å²) < 4.78 is 24.1. The summed E-state index contributed by atoms with van der Waals surface area (Å²) in [4.78, 5) is 4.49. The van der Waals surface area contributed by atoms with E-state index in [9.17, 15) is 4.39 Å². The molecule has 0 bridgehead atoms. The van der Waals surface area contributed by atoms with Crippen molar-refractivity contribution in [3.8, 4) is 11.5 Å². The van der Waals surface area contributed by atoms with Crippen molar-refractivity contribution < 1.29 is 13.7 Å². The van der Waals surface area contributed by atoms with Crippen LogP contribution in [-0.2, 0) is 10.2 Å². The van der Waals surface area contributed by atoms with Gasteiger partial charge in [-0.3, -0.25) is 5.10 Å². The zero-order valence-electron chi connectivity index (χ0n) is 11.6. The molecule has 6 nitrogen and oxygen atoms in total. The Kier molecular flexibility index (Phi) is 3.00. The third-order valence-electron chi connectivity index (χ3n) is 4.02. The van der Waals surface area contributed by atoms with Gasteiger partial charge in [-0.1, -0.05) is 17.3 Å². The molecule has 22 heavy (non-hydrogen) atoms. The number of nitrogens with one attached hydrogen (secondary N) is 1. The monoisotopic (exact) mass is 300 g/mol. The molecule has 0 aliphatic carbocycles. The van der Waals surface area contributed by atoms with Crippen molar-refractivity contribution in [2.24, 2.45) is 0 Å². The first-order valence-corrected chi connectivity index (χ1v) is 6.95. The van der Waals surface area contributed by atoms with E-state index in [4.69, 9.17) is 9.26 Å². The molecule has 3 heterocycles. The van der Waals surface area contributed by atoms with E-state index in [-0.39, 0.29) is 5.82 Å². The zero-order valence-corrected chi connectivity index (χ0v) is 11.6. The van der Waals surface area contributed by atoms with Gasteiger partial charge >= 0.3 is 0 Å². The molecule has 1 N–H and O–H groups in total. The first kappa shape index (κ1) is 13.1. The maximum atomic E-state index is 13.2. The van der Waals surface area contributed by atoms with Gasteiger partial charge in [0.25, 0.3) is 5.89 Å². The Balaban J connectivity index is 1.78. The van der Waals surface area contributed by atoms with Gasteiger partial charge in [-0.15, -0.1) is 0 Å². The highest BCUT2D eigenvalue weighted by atomic mass is 19.1. The Labute approximate surface area is 125 Å². The maximum absolute atomic E-state index is 13.2. The summed E-state index contributed by atoms with van der Waals surface area (Å²) in [5.74, 6) is 0.676. The van der Waals surface area contributed by atoms with Crippen LogP contribution < -0.4 is 0 Å². The quantitative estimate of drug-likeness (QED) is 0.803. The van der Waals surface area contributed by atoms with Crippen LogP contribution in [0.5, 0.6) is 0 Å². The molecule has 3 aromatic rings. The van der Waals surface area contributed by atoms with Crippen molar-refractivity contribution in [3.63, 3.8) is 0 Å². The topological polar surface area (TPSA) is 76.8 Å². The summed E-state index contributed by atoms with van der Waals surface area (Å²) in [5, 5.41) is 10.7. The average Bonchev–Trinajstić information content (AvgIpc) is 3.28. The molecule has 0 amide bonds. The molecule has 112 valence electrons. The second-order valence-corrected chi connectivity index (χ2v) is 5.30. The van der Waals surface area contributed by atoms with Crippen molar-refractivity contribution in [1.29, 1.82) is 0 Å². The predicted octanol–water partition coefficient (Wildman–Crippen LogP) is 2.31. The van der Waals surface area contributed by atoms with Gasteiger partial charge < -0.3 is 9.26 Å². The van der Waals surface area contributed by atoms with Crippen LogP contribution in [-0.4, -0.2) is 33.6 Å². The number of hydrogen-bond acceptors (Lipinski definition) is 5. The molecule has 0 saturated carbocycles. The molecule has 0 radical (unpaired) electrons. The third kappa shape index (κ3) is 2.01. The highest BCUT2D eigenvalue weighted by molar-refractivity contribution is 5.50. The lowest BCUT2D eigenvalue weighted by atomic mass is 9.79. The van der Waals surface area contributed by atoms with Crippen molar-refractivity contribution in [3.05, 3.63) is 53.9 Å². The van der Waals surface area contributed by atoms with E-state index in [2.05, 4.69) is 20.3 Å². The lowest BCUT2D eigenvalue weighted by Gasteiger charge is -2.23. The summed E-state index contributed by atoms with van der Waals surface area (Å²) in [6.45, 7) is 1.05. The van der Waals surface area contributed by atoms with Crippen LogP contribution in [0.1, 0.15) is 17.8 Å². The van der Waals surface area contributed by atoms with Crippen LogP contribution in [0.2, 0.25) is 0 Å². The minimum absolute atomic E-state index is 0.273. The number of benzene rings is 1. The van der Waals surface area contributed by atoms with Crippen molar-refractivity contribution in [2.75, 3.05) is 13.2 Å². The fourth-order valence-electron chi connectivity index (χ4n) is 2.77. The Morgan fingerprint density at radius 3 is 2.77 bits per heavy atom. The predicted molar refractivity (Wildman–Crippen MR) is 74.5 cm³/mol. The van der Waals surface area contributed by atoms with Crippen molar-refractivity contribution in [1.82, 2.24) is 20.3 Å². The maximum Gasteiger partial charge on any atom is 0.261 e. The molecule has 1 fully saturated rings. The SMILES string of the molecule is Fc1ccc(C2(c3noc(-c4cn[nH]c4)n3)CCOC2)cc1. The van der Waals surface area contributed by atoms with E-state index >= 15 is 0 Å². The Morgan fingerprint density at radius 2 is 2.09 bits per heavy atom. The normalized spacial score (nSPS) is 21.3. The largest absolute Gasteiger partial charge is 0.380 e. The number of aromatic amines is 1. The van der Waals surface area contributed by atoms with E-state index in [1.807, 2.05) is 0 Å². The fraction of sp³-hybridized carbons (Fsp3) is 0.267. The molecule has 1 unspecified atom stereocenters. The van der Waals surface area contributed by atoms with Crippen LogP contribution in [0.15, 0.2) is 41.2 Å². The molecule has 1 aliphatic heterocycles. The van der Waals surface area contributed by atoms with Gasteiger partial charge in [-0.25, -0.2) is 4.39 Å². The second kappa shape index (κ2) is 5.03. The van der Waals surface area contributed by atoms with Crippen LogP contribution in [0.25, 0.3) is 11.5 Å². The van der Waals surface area contributed by atoms with Crippen LogP contribution >= 0.6 is 0 Å². The van der Waals surface area contributed by atoms with Gasteiger partial charge in [0.05, 0.1) is 23.8 Å². The Bertz CT molecular complexity index is 761. The fourth-order valence-corrected chi connectivity index (χ4v) is 2.77. The molecule has 7 heteroatoms. The molecule has 0 spiro atoms. The summed E-state index contributed by atoms with van der Waals surface area (Å²) in [6.07, 6.45) is 4.03. The third-order valence-corrected chi connectivity index (χ3v) is 4.02. The van der Waals surface area contributed by atoms with Crippen LogP contribution in [0.4, 0.5) is 4.39 Å². The highest BCUT2D eigenvalue weighted by Crippen LogP contribution is 2.38. The number of aromatic nitrogens is 4. The standard InChI is InChI=1S/C15H13FN4O2/c16-12-3-1-11(2-4-12)15(5-6-21-9-15)14-19-13(22-20-14)10-7-17-18-8-10/h1-4,7-8H,5-6,9H2,(H,17,18). The van der Waals surface area contributed by atoms with E-state index < -0.39 is 5.41 Å². The summed E-state index contributed by atoms with van der Waals surface area (Å²) >= 11 is 0. The van der Waals surface area contributed by atoms with Gasteiger partial charge in [-0.05, 0) is 24.1 Å². The van der Waals surface area contributed by atoms with Gasteiger partial charge in [-0.2, -0.15) is 10.1 Å². The van der Waals surface area contributed by atoms with E-state index in [0.717, 1.165) is 17.5 Å². The Hall–Kier alpha value is -2.54. The van der Waals surface area contributed by atoms with E-state index in [0.29, 0.717) is 24.9 Å². The highest BCUT2D eigenvalue weighted by Gasteiger charge is 2.43. The molecule has 1 aromatic carbocycles. The molecule has 4 rings (SSSR count). The molecular weight excluding hydrogens is 287 g/mol. The minimum Gasteiger partial charge on any atom is -0.380 e. The first-order chi connectivity index (χ1) is 10.8. The average molecular weight is 300 g/mol. The molecular formula is C15H13FN4O2. The number of hydrogen-bond donors (Lipinski definition) is 1. The van der Waals surface area contributed by atoms with Crippen LogP contribution in [0, 0.1) is 5.82 Å². The van der Waals surface area contributed by atoms with Gasteiger partial charge in [0.15, 0.2) is 5.82 Å². The van der Waals surface area contributed by atoms with Gasteiger partial charge in [0.1, 0.15) is 5.82 Å². The van der Waals surface area contributed by atoms with E-state index in [1.54, 1.807) is 24.5 Å². The lowest BCUT2D eigenvalue weighted by molar-refractivity contribution is 0.182. The van der Waals surface area contributed by atoms with Crippen molar-refractivity contribution >= 4 is 0 Å². The van der Waals surface area contributed by atoms with Crippen molar-refractivity contribution in [2.45, 2.75) is 11.8 Å². The lowest BCUT2D eigenvalue weighted by Crippen LogP contribution is -2.29.